The average molecular weight is 291 g/mol. The van der Waals surface area contributed by atoms with Crippen LogP contribution in [0, 0.1) is 5.92 Å². The van der Waals surface area contributed by atoms with Crippen molar-refractivity contribution in [1.82, 2.24) is 25.6 Å². The molecule has 1 fully saturated rings. The van der Waals surface area contributed by atoms with Gasteiger partial charge in [0, 0.05) is 6.54 Å². The molecule has 1 aliphatic heterocycles. The third kappa shape index (κ3) is 4.48. The van der Waals surface area contributed by atoms with Gasteiger partial charge in [-0.3, -0.25) is 9.48 Å². The van der Waals surface area contributed by atoms with Crippen molar-refractivity contribution in [2.75, 3.05) is 19.6 Å². The first-order chi connectivity index (χ1) is 9.44. The van der Waals surface area contributed by atoms with Gasteiger partial charge in [-0.15, -0.1) is 5.10 Å². The zero-order chi connectivity index (χ0) is 14.6. The van der Waals surface area contributed by atoms with E-state index in [1.54, 1.807) is 5.32 Å². The van der Waals surface area contributed by atoms with Gasteiger partial charge in [-0.25, -0.2) is 0 Å². The van der Waals surface area contributed by atoms with Crippen molar-refractivity contribution in [3.8, 4) is 0 Å². The van der Waals surface area contributed by atoms with Crippen LogP contribution >= 0.6 is 0 Å². The zero-order valence-electron chi connectivity index (χ0n) is 10.8. The van der Waals surface area contributed by atoms with E-state index in [0.717, 1.165) is 25.9 Å². The largest absolute Gasteiger partial charge is 0.405 e. The van der Waals surface area contributed by atoms with Crippen LogP contribution in [0.15, 0.2) is 6.20 Å². The van der Waals surface area contributed by atoms with Gasteiger partial charge in [0.2, 0.25) is 0 Å². The maximum Gasteiger partial charge on any atom is 0.405 e. The number of nitrogens with zero attached hydrogens (tertiary/aromatic N) is 3. The Bertz CT molecular complexity index is 453. The first-order valence-electron chi connectivity index (χ1n) is 6.40. The highest BCUT2D eigenvalue weighted by Crippen LogP contribution is 2.13. The van der Waals surface area contributed by atoms with Crippen molar-refractivity contribution in [3.63, 3.8) is 0 Å². The summed E-state index contributed by atoms with van der Waals surface area (Å²) in [5, 5.41) is 12.4. The zero-order valence-corrected chi connectivity index (χ0v) is 10.8. The Labute approximate surface area is 113 Å². The third-order valence-corrected chi connectivity index (χ3v) is 3.06. The van der Waals surface area contributed by atoms with Crippen LogP contribution in [0.5, 0.6) is 0 Å². The molecule has 9 heteroatoms. The molecule has 1 aromatic heterocycles. The summed E-state index contributed by atoms with van der Waals surface area (Å²) in [4.78, 5) is 11.5. The van der Waals surface area contributed by atoms with E-state index in [9.17, 15) is 18.0 Å². The van der Waals surface area contributed by atoms with Crippen LogP contribution in [0.2, 0.25) is 0 Å². The van der Waals surface area contributed by atoms with Gasteiger partial charge in [-0.2, -0.15) is 13.2 Å². The van der Waals surface area contributed by atoms with Crippen molar-refractivity contribution in [1.29, 1.82) is 0 Å². The second-order valence-corrected chi connectivity index (χ2v) is 4.84. The van der Waals surface area contributed by atoms with Gasteiger partial charge in [0.1, 0.15) is 6.54 Å². The second-order valence-electron chi connectivity index (χ2n) is 4.84. The summed E-state index contributed by atoms with van der Waals surface area (Å²) in [6.07, 6.45) is -0.916. The van der Waals surface area contributed by atoms with Crippen LogP contribution in [-0.2, 0) is 6.54 Å². The van der Waals surface area contributed by atoms with Crippen LogP contribution in [-0.4, -0.2) is 46.7 Å². The fourth-order valence-electron chi connectivity index (χ4n) is 2.11. The Morgan fingerprint density at radius 1 is 1.55 bits per heavy atom. The average Bonchev–Trinajstić information content (AvgIpc) is 2.85. The molecule has 1 atom stereocenters. The Hall–Kier alpha value is -1.64. The first kappa shape index (κ1) is 14.8. The van der Waals surface area contributed by atoms with Crippen molar-refractivity contribution < 1.29 is 18.0 Å². The van der Waals surface area contributed by atoms with Crippen LogP contribution in [0.3, 0.4) is 0 Å². The van der Waals surface area contributed by atoms with E-state index >= 15 is 0 Å². The molecule has 0 aromatic carbocycles. The molecule has 2 N–H and O–H groups in total. The lowest BCUT2D eigenvalue weighted by molar-refractivity contribution is -0.123. The van der Waals surface area contributed by atoms with Crippen LogP contribution in [0.25, 0.3) is 0 Å². The fraction of sp³-hybridized carbons (Fsp3) is 0.727. The summed E-state index contributed by atoms with van der Waals surface area (Å²) in [5.74, 6) is -0.466. The summed E-state index contributed by atoms with van der Waals surface area (Å²) in [6.45, 7) is 1.10. The third-order valence-electron chi connectivity index (χ3n) is 3.06. The Kier molecular flexibility index (Phi) is 4.58. The predicted octanol–water partition coefficient (Wildman–Crippen LogP) is 0.570. The van der Waals surface area contributed by atoms with E-state index in [-0.39, 0.29) is 5.69 Å². The highest BCUT2D eigenvalue weighted by Gasteiger charge is 2.28. The highest BCUT2D eigenvalue weighted by molar-refractivity contribution is 5.91. The number of hydrogen-bond acceptors (Lipinski definition) is 4. The van der Waals surface area contributed by atoms with Crippen molar-refractivity contribution in [3.05, 3.63) is 11.9 Å². The van der Waals surface area contributed by atoms with E-state index in [2.05, 4.69) is 15.6 Å². The van der Waals surface area contributed by atoms with Crippen LogP contribution in [0.4, 0.5) is 13.2 Å². The maximum atomic E-state index is 12.0. The summed E-state index contributed by atoms with van der Waals surface area (Å²) in [7, 11) is 0. The molecule has 0 bridgehead atoms. The van der Waals surface area contributed by atoms with E-state index in [4.69, 9.17) is 0 Å². The number of piperidine rings is 1. The van der Waals surface area contributed by atoms with Gasteiger partial charge >= 0.3 is 6.18 Å². The molecule has 2 rings (SSSR count). The molecule has 0 aliphatic carbocycles. The smallest absolute Gasteiger partial charge is 0.341 e. The fourth-order valence-corrected chi connectivity index (χ4v) is 2.11. The number of halogens is 3. The van der Waals surface area contributed by atoms with Gasteiger partial charge in [-0.1, -0.05) is 5.21 Å². The van der Waals surface area contributed by atoms with E-state index in [1.807, 2.05) is 0 Å². The van der Waals surface area contributed by atoms with E-state index in [0.29, 0.717) is 12.5 Å². The number of rotatable bonds is 4. The molecule has 1 unspecified atom stereocenters. The second kappa shape index (κ2) is 6.21. The lowest BCUT2D eigenvalue weighted by Crippen LogP contribution is -2.34. The number of amides is 1. The van der Waals surface area contributed by atoms with Crippen molar-refractivity contribution in [2.24, 2.45) is 5.92 Å². The maximum absolute atomic E-state index is 12.0. The first-order valence-corrected chi connectivity index (χ1v) is 6.40. The van der Waals surface area contributed by atoms with Crippen molar-refractivity contribution in [2.45, 2.75) is 25.6 Å². The number of carbonyl (C=O) groups is 1. The SMILES string of the molecule is O=C(NCC(F)(F)F)c1cn(CC2CCCNC2)nn1. The Morgan fingerprint density at radius 2 is 2.35 bits per heavy atom. The molecule has 0 spiro atoms. The standard InChI is InChI=1S/C11H16F3N5O/c12-11(13,14)7-16-10(20)9-6-19(18-17-9)5-8-2-1-3-15-4-8/h6,8,15H,1-5,7H2,(H,16,20). The minimum Gasteiger partial charge on any atom is -0.341 e. The van der Waals surface area contributed by atoms with Gasteiger partial charge < -0.3 is 10.6 Å². The number of nitrogens with one attached hydrogen (secondary N) is 2. The van der Waals surface area contributed by atoms with Gasteiger partial charge in [0.15, 0.2) is 5.69 Å². The minimum absolute atomic E-state index is 0.0991. The molecule has 1 aliphatic rings. The lowest BCUT2D eigenvalue weighted by Gasteiger charge is -2.22. The van der Waals surface area contributed by atoms with E-state index < -0.39 is 18.6 Å². The number of aromatic nitrogens is 3. The summed E-state index contributed by atoms with van der Waals surface area (Å²) in [5.41, 5.74) is -0.0991. The summed E-state index contributed by atoms with van der Waals surface area (Å²) < 4.78 is 37.4. The molecule has 112 valence electrons. The topological polar surface area (TPSA) is 71.8 Å². The number of hydrogen-bond donors (Lipinski definition) is 2. The molecule has 1 saturated heterocycles. The van der Waals surface area contributed by atoms with Crippen molar-refractivity contribution >= 4 is 5.91 Å². The number of alkyl halides is 3. The van der Waals surface area contributed by atoms with E-state index in [1.165, 1.54) is 10.9 Å². The quantitative estimate of drug-likeness (QED) is 0.851. The van der Waals surface area contributed by atoms with Gasteiger partial charge in [-0.05, 0) is 31.8 Å². The molecular formula is C11H16F3N5O. The van der Waals surface area contributed by atoms with Crippen LogP contribution in [0.1, 0.15) is 23.3 Å². The predicted molar refractivity (Wildman–Crippen MR) is 64.0 cm³/mol. The molecule has 6 nitrogen and oxygen atoms in total. The highest BCUT2D eigenvalue weighted by atomic mass is 19.4. The molecule has 20 heavy (non-hydrogen) atoms. The van der Waals surface area contributed by atoms with Gasteiger partial charge in [0.05, 0.1) is 6.20 Å². The molecule has 0 radical (unpaired) electrons. The molecule has 1 aromatic rings. The molecule has 1 amide bonds. The normalized spacial score (nSPS) is 19.9. The minimum atomic E-state index is -4.43. The molecular weight excluding hydrogens is 275 g/mol. The lowest BCUT2D eigenvalue weighted by atomic mass is 10.00. The molecule has 2 heterocycles. The number of carbonyl (C=O) groups excluding carboxylic acids is 1. The molecule has 0 saturated carbocycles. The van der Waals surface area contributed by atoms with Crippen LogP contribution < -0.4 is 10.6 Å². The van der Waals surface area contributed by atoms with Gasteiger partial charge in [0.25, 0.3) is 5.91 Å². The summed E-state index contributed by atoms with van der Waals surface area (Å²) >= 11 is 0. The summed E-state index contributed by atoms with van der Waals surface area (Å²) in [6, 6.07) is 0. The monoisotopic (exact) mass is 291 g/mol. The Balaban J connectivity index is 1.86. The Morgan fingerprint density at radius 3 is 3.00 bits per heavy atom.